The Hall–Kier alpha value is -4.97. The van der Waals surface area contributed by atoms with Crippen LogP contribution in [0, 0.1) is 0 Å². The molecule has 0 aliphatic rings. The van der Waals surface area contributed by atoms with Crippen LogP contribution in [-0.4, -0.2) is 37.2 Å². The number of esters is 3. The molecule has 0 aromatic heterocycles. The summed E-state index contributed by atoms with van der Waals surface area (Å²) in [6.45, 7) is 6.37. The number of carbonyl (C=O) groups is 3. The maximum Gasteiger partial charge on any atom is 0.306 e. The lowest BCUT2D eigenvalue weighted by Gasteiger charge is -2.18. The first kappa shape index (κ1) is 75.0. The minimum Gasteiger partial charge on any atom is -0.462 e. The Labute approximate surface area is 492 Å². The fourth-order valence-electron chi connectivity index (χ4n) is 8.48. The fraction of sp³-hybridized carbons (Fsp3) is 0.608. The zero-order valence-electron chi connectivity index (χ0n) is 51.5. The first-order valence-electron chi connectivity index (χ1n) is 32.5. The van der Waals surface area contributed by atoms with E-state index in [2.05, 4.69) is 179 Å². The molecule has 0 aromatic rings. The Kier molecular flexibility index (Phi) is 62.4. The maximum atomic E-state index is 12.9. The molecule has 0 aliphatic heterocycles. The van der Waals surface area contributed by atoms with Crippen molar-refractivity contribution in [3.63, 3.8) is 0 Å². The van der Waals surface area contributed by atoms with Crippen molar-refractivity contribution in [1.82, 2.24) is 0 Å². The van der Waals surface area contributed by atoms with E-state index in [1.807, 2.05) is 0 Å². The van der Waals surface area contributed by atoms with Crippen LogP contribution in [0.4, 0.5) is 0 Å². The highest BCUT2D eigenvalue weighted by Crippen LogP contribution is 2.15. The highest BCUT2D eigenvalue weighted by Gasteiger charge is 2.19. The molecule has 6 nitrogen and oxygen atoms in total. The van der Waals surface area contributed by atoms with E-state index >= 15 is 0 Å². The van der Waals surface area contributed by atoms with Crippen LogP contribution < -0.4 is 0 Å². The van der Waals surface area contributed by atoms with Gasteiger partial charge in [-0.1, -0.05) is 281 Å². The van der Waals surface area contributed by atoms with E-state index < -0.39 is 6.10 Å². The third-order valence-electron chi connectivity index (χ3n) is 13.3. The molecule has 0 saturated carbocycles. The average Bonchev–Trinajstić information content (AvgIpc) is 3.46. The summed E-state index contributed by atoms with van der Waals surface area (Å²) in [7, 11) is 0. The van der Waals surface area contributed by atoms with Crippen LogP contribution in [0.2, 0.25) is 0 Å². The van der Waals surface area contributed by atoms with Crippen molar-refractivity contribution in [1.29, 1.82) is 0 Å². The van der Waals surface area contributed by atoms with E-state index in [-0.39, 0.29) is 37.5 Å². The van der Waals surface area contributed by atoms with Crippen molar-refractivity contribution in [2.75, 3.05) is 13.2 Å². The van der Waals surface area contributed by atoms with Gasteiger partial charge in [0.1, 0.15) is 13.2 Å². The van der Waals surface area contributed by atoms with Gasteiger partial charge in [0.25, 0.3) is 0 Å². The highest BCUT2D eigenvalue weighted by molar-refractivity contribution is 5.71. The molecule has 0 aromatic carbocycles. The van der Waals surface area contributed by atoms with Crippen LogP contribution >= 0.6 is 0 Å². The van der Waals surface area contributed by atoms with Crippen molar-refractivity contribution in [3.8, 4) is 0 Å². The standard InChI is InChI=1S/C74H118O6/c1-4-7-10-13-16-19-22-25-27-29-31-32-33-34-35-36-37-38-39-40-41-42-44-45-47-49-52-55-58-61-64-67-73(76)79-70-71(69-78-72(75)66-63-60-57-54-51-24-21-18-15-12-9-6-3)80-74(77)68-65-62-59-56-53-50-48-46-43-30-28-26-23-20-17-14-11-8-5-2/h7-8,10-11,16-17,19-20,25-28,31-32,34-35,37-38,40-41,43-46,50,53,71H,4-6,9,12-15,18,21-24,29-30,33,36,39,42,47-49,51-52,54-70H2,1-3H3/b10-7-,11-8-,19-16-,20-17-,27-25-,28-26-,32-31-,35-34-,38-37-,41-40-,45-44-,46-43-,53-50-. The van der Waals surface area contributed by atoms with E-state index in [9.17, 15) is 14.4 Å². The SMILES string of the molecule is CC/C=C\C/C=C\C/C=C\C/C=C\C/C=C\C/C=C\C/C=C\C/C=C\CCCCCCCCC(=O)OCC(COC(=O)CCCCCCCCCCCCCC)OC(=O)CCCCC/C=C\C/C=C\C/C=C\C/C=C\C/C=C\CC. The molecular formula is C74H118O6. The van der Waals surface area contributed by atoms with Gasteiger partial charge in [0.05, 0.1) is 0 Å². The summed E-state index contributed by atoms with van der Waals surface area (Å²) < 4.78 is 16.9. The highest BCUT2D eigenvalue weighted by atomic mass is 16.6. The molecule has 0 fully saturated rings. The second kappa shape index (κ2) is 66.5. The lowest BCUT2D eigenvalue weighted by atomic mass is 10.0. The van der Waals surface area contributed by atoms with Crippen molar-refractivity contribution in [2.45, 2.75) is 277 Å². The van der Waals surface area contributed by atoms with Crippen LogP contribution in [0.25, 0.3) is 0 Å². The van der Waals surface area contributed by atoms with Gasteiger partial charge in [-0.3, -0.25) is 14.4 Å². The van der Waals surface area contributed by atoms with Gasteiger partial charge in [0.15, 0.2) is 6.10 Å². The van der Waals surface area contributed by atoms with Crippen LogP contribution in [0.1, 0.15) is 271 Å². The minimum absolute atomic E-state index is 0.100. The number of hydrogen-bond acceptors (Lipinski definition) is 6. The molecule has 1 atom stereocenters. The zero-order chi connectivity index (χ0) is 57.8. The number of carbonyl (C=O) groups excluding carboxylic acids is 3. The minimum atomic E-state index is -0.808. The molecule has 6 heteroatoms. The van der Waals surface area contributed by atoms with Gasteiger partial charge in [-0.25, -0.2) is 0 Å². The summed E-state index contributed by atoms with van der Waals surface area (Å²) in [4.78, 5) is 38.3. The van der Waals surface area contributed by atoms with Crippen molar-refractivity contribution in [3.05, 3.63) is 158 Å². The zero-order valence-corrected chi connectivity index (χ0v) is 51.5. The third-order valence-corrected chi connectivity index (χ3v) is 13.3. The van der Waals surface area contributed by atoms with Crippen LogP contribution in [0.5, 0.6) is 0 Å². The Balaban J connectivity index is 4.39. The van der Waals surface area contributed by atoms with Gasteiger partial charge in [0.2, 0.25) is 0 Å². The average molecular weight is 1100 g/mol. The molecule has 0 bridgehead atoms. The van der Waals surface area contributed by atoms with E-state index in [4.69, 9.17) is 14.2 Å². The number of unbranched alkanes of at least 4 members (excludes halogenated alkanes) is 20. The number of rotatable bonds is 57. The molecule has 0 aliphatic carbocycles. The molecule has 0 amide bonds. The quantitative estimate of drug-likeness (QED) is 0.0261. The van der Waals surface area contributed by atoms with Crippen LogP contribution in [-0.2, 0) is 28.6 Å². The molecule has 0 spiro atoms. The number of ether oxygens (including phenoxy) is 3. The van der Waals surface area contributed by atoms with E-state index in [1.165, 1.54) is 70.6 Å². The monoisotopic (exact) mass is 1100 g/mol. The third kappa shape index (κ3) is 63.9. The van der Waals surface area contributed by atoms with Crippen LogP contribution in [0.15, 0.2) is 158 Å². The van der Waals surface area contributed by atoms with Crippen molar-refractivity contribution in [2.24, 2.45) is 0 Å². The van der Waals surface area contributed by atoms with Gasteiger partial charge in [0, 0.05) is 19.3 Å². The molecule has 450 valence electrons. The lowest BCUT2D eigenvalue weighted by molar-refractivity contribution is -0.167. The summed E-state index contributed by atoms with van der Waals surface area (Å²) in [5, 5.41) is 0. The van der Waals surface area contributed by atoms with Crippen molar-refractivity contribution < 1.29 is 28.6 Å². The molecule has 0 rings (SSSR count). The predicted molar refractivity (Wildman–Crippen MR) is 348 cm³/mol. The van der Waals surface area contributed by atoms with Gasteiger partial charge < -0.3 is 14.2 Å². The topological polar surface area (TPSA) is 78.9 Å². The van der Waals surface area contributed by atoms with E-state index in [1.54, 1.807) is 0 Å². The first-order valence-corrected chi connectivity index (χ1v) is 32.5. The Bertz CT molecular complexity index is 1790. The molecule has 0 saturated heterocycles. The first-order chi connectivity index (χ1) is 39.5. The molecule has 80 heavy (non-hydrogen) atoms. The van der Waals surface area contributed by atoms with E-state index in [0.29, 0.717) is 12.8 Å². The Morgan fingerprint density at radius 3 is 0.775 bits per heavy atom. The molecule has 0 heterocycles. The summed E-state index contributed by atoms with van der Waals surface area (Å²) in [6, 6.07) is 0. The Morgan fingerprint density at radius 2 is 0.487 bits per heavy atom. The lowest BCUT2D eigenvalue weighted by Crippen LogP contribution is -2.30. The van der Waals surface area contributed by atoms with E-state index in [0.717, 1.165) is 161 Å². The van der Waals surface area contributed by atoms with Gasteiger partial charge in [-0.05, 0) is 128 Å². The number of hydrogen-bond donors (Lipinski definition) is 0. The summed E-state index contributed by atoms with van der Waals surface area (Å²) >= 11 is 0. The van der Waals surface area contributed by atoms with Crippen LogP contribution in [0.3, 0.4) is 0 Å². The summed E-state index contributed by atoms with van der Waals surface area (Å²) in [6.07, 6.45) is 96.8. The molecule has 0 radical (unpaired) electrons. The summed E-state index contributed by atoms with van der Waals surface area (Å²) in [5.41, 5.74) is 0. The van der Waals surface area contributed by atoms with Gasteiger partial charge in [-0.2, -0.15) is 0 Å². The predicted octanol–water partition coefficient (Wildman–Crippen LogP) is 22.5. The smallest absolute Gasteiger partial charge is 0.306 e. The maximum absolute atomic E-state index is 12.9. The molecular weight excluding hydrogens is 985 g/mol. The molecule has 0 N–H and O–H groups in total. The second-order valence-electron chi connectivity index (χ2n) is 20.9. The summed E-state index contributed by atoms with van der Waals surface area (Å²) in [5.74, 6) is -0.950. The van der Waals surface area contributed by atoms with Gasteiger partial charge >= 0.3 is 17.9 Å². The Morgan fingerprint density at radius 1 is 0.263 bits per heavy atom. The molecule has 1 unspecified atom stereocenters. The second-order valence-corrected chi connectivity index (χ2v) is 20.9. The van der Waals surface area contributed by atoms with Gasteiger partial charge in [-0.15, -0.1) is 0 Å². The fourth-order valence-corrected chi connectivity index (χ4v) is 8.48. The largest absolute Gasteiger partial charge is 0.462 e. The normalized spacial score (nSPS) is 13.2. The number of allylic oxidation sites excluding steroid dienone is 26. The van der Waals surface area contributed by atoms with Crippen molar-refractivity contribution >= 4 is 17.9 Å².